The summed E-state index contributed by atoms with van der Waals surface area (Å²) in [5.41, 5.74) is 6.46. The normalized spacial score (nSPS) is 11.2. The molecule has 0 aliphatic rings. The van der Waals surface area contributed by atoms with Crippen LogP contribution in [0, 0.1) is 0 Å². The maximum Gasteiger partial charge on any atom is 0.269 e. The van der Waals surface area contributed by atoms with Gasteiger partial charge in [-0.25, -0.2) is 4.98 Å². The molecule has 7 heteroatoms. The van der Waals surface area contributed by atoms with E-state index in [0.29, 0.717) is 16.5 Å². The first kappa shape index (κ1) is 19.3. The third-order valence-electron chi connectivity index (χ3n) is 4.37. The number of benzene rings is 2. The fourth-order valence-electron chi connectivity index (χ4n) is 2.73. The lowest BCUT2D eigenvalue weighted by atomic mass is 9.87. The predicted molar refractivity (Wildman–Crippen MR) is 107 cm³/mol. The highest BCUT2D eigenvalue weighted by atomic mass is 16.2. The molecule has 0 bridgehead atoms. The van der Waals surface area contributed by atoms with Gasteiger partial charge in [-0.1, -0.05) is 45.0 Å². The molecule has 2 aromatic carbocycles. The van der Waals surface area contributed by atoms with E-state index in [-0.39, 0.29) is 17.5 Å². The van der Waals surface area contributed by atoms with Crippen LogP contribution in [0.1, 0.15) is 36.7 Å². The van der Waals surface area contributed by atoms with Crippen LogP contribution in [0.25, 0.3) is 10.9 Å². The number of nitrogens with zero attached hydrogens (tertiary/aromatic N) is 2. The predicted octanol–water partition coefficient (Wildman–Crippen LogP) is 2.16. The average molecular weight is 378 g/mol. The Morgan fingerprint density at radius 3 is 2.36 bits per heavy atom. The van der Waals surface area contributed by atoms with Crippen molar-refractivity contribution in [2.75, 3.05) is 0 Å². The molecule has 1 heterocycles. The molecule has 0 aliphatic heterocycles. The number of hydrogen-bond acceptors (Lipinski definition) is 4. The fourth-order valence-corrected chi connectivity index (χ4v) is 2.73. The van der Waals surface area contributed by atoms with E-state index in [4.69, 9.17) is 0 Å². The number of carbonyl (C=O) groups is 2. The Morgan fingerprint density at radius 2 is 1.68 bits per heavy atom. The third kappa shape index (κ3) is 4.25. The average Bonchev–Trinajstić information content (AvgIpc) is 2.68. The molecule has 2 amide bonds. The number of hydrazine groups is 1. The van der Waals surface area contributed by atoms with Gasteiger partial charge in [0.05, 0.1) is 17.2 Å². The highest BCUT2D eigenvalue weighted by Crippen LogP contribution is 2.22. The van der Waals surface area contributed by atoms with E-state index in [1.807, 2.05) is 12.1 Å². The zero-order chi connectivity index (χ0) is 20.3. The molecule has 0 fully saturated rings. The minimum Gasteiger partial charge on any atom is -0.289 e. The lowest BCUT2D eigenvalue weighted by Crippen LogP contribution is -2.44. The molecule has 0 atom stereocenters. The summed E-state index contributed by atoms with van der Waals surface area (Å²) >= 11 is 0. The molecule has 0 unspecified atom stereocenters. The Labute approximate surface area is 162 Å². The summed E-state index contributed by atoms with van der Waals surface area (Å²) in [6.45, 7) is 6.02. The number of amides is 2. The van der Waals surface area contributed by atoms with Crippen molar-refractivity contribution in [1.29, 1.82) is 0 Å². The van der Waals surface area contributed by atoms with Gasteiger partial charge in [0.25, 0.3) is 17.4 Å². The molecular weight excluding hydrogens is 356 g/mol. The quantitative estimate of drug-likeness (QED) is 0.683. The van der Waals surface area contributed by atoms with Gasteiger partial charge in [0.2, 0.25) is 0 Å². The van der Waals surface area contributed by atoms with Crippen LogP contribution in [0.5, 0.6) is 0 Å². The number of fused-ring (bicyclic) bond motifs is 1. The second kappa shape index (κ2) is 7.64. The minimum absolute atomic E-state index is 0.00955. The monoisotopic (exact) mass is 378 g/mol. The Morgan fingerprint density at radius 1 is 1.00 bits per heavy atom. The first-order chi connectivity index (χ1) is 13.3. The van der Waals surface area contributed by atoms with Crippen LogP contribution < -0.4 is 16.4 Å². The number of rotatable bonds is 3. The van der Waals surface area contributed by atoms with E-state index in [1.54, 1.807) is 36.4 Å². The van der Waals surface area contributed by atoms with Gasteiger partial charge in [-0.3, -0.25) is 29.8 Å². The topological polar surface area (TPSA) is 93.1 Å². The maximum atomic E-state index is 12.4. The second-order valence-corrected chi connectivity index (χ2v) is 7.52. The van der Waals surface area contributed by atoms with Crippen LogP contribution in [0.15, 0.2) is 59.7 Å². The van der Waals surface area contributed by atoms with Crippen molar-refractivity contribution < 1.29 is 9.59 Å². The summed E-state index contributed by atoms with van der Waals surface area (Å²) in [6.07, 6.45) is 1.32. The summed E-state index contributed by atoms with van der Waals surface area (Å²) in [7, 11) is 0. The van der Waals surface area contributed by atoms with Crippen molar-refractivity contribution in [2.45, 2.75) is 32.7 Å². The summed E-state index contributed by atoms with van der Waals surface area (Å²) in [6, 6.07) is 14.1. The Balaban J connectivity index is 1.62. The molecule has 1 aromatic heterocycles. The van der Waals surface area contributed by atoms with Gasteiger partial charge in [0.1, 0.15) is 6.54 Å². The lowest BCUT2D eigenvalue weighted by Gasteiger charge is -2.19. The van der Waals surface area contributed by atoms with E-state index in [1.165, 1.54) is 10.9 Å². The van der Waals surface area contributed by atoms with E-state index in [0.717, 1.165) is 5.56 Å². The Hall–Kier alpha value is -3.48. The van der Waals surface area contributed by atoms with Crippen LogP contribution in [0.2, 0.25) is 0 Å². The van der Waals surface area contributed by atoms with Crippen LogP contribution in [-0.4, -0.2) is 21.4 Å². The van der Waals surface area contributed by atoms with Crippen molar-refractivity contribution in [3.8, 4) is 0 Å². The highest BCUT2D eigenvalue weighted by Gasteiger charge is 2.15. The van der Waals surface area contributed by atoms with Crippen LogP contribution in [0.3, 0.4) is 0 Å². The van der Waals surface area contributed by atoms with Crippen molar-refractivity contribution in [3.05, 3.63) is 76.3 Å². The van der Waals surface area contributed by atoms with Gasteiger partial charge in [-0.05, 0) is 35.2 Å². The highest BCUT2D eigenvalue weighted by molar-refractivity contribution is 5.95. The van der Waals surface area contributed by atoms with Gasteiger partial charge in [0.15, 0.2) is 0 Å². The molecule has 3 aromatic rings. The van der Waals surface area contributed by atoms with E-state index >= 15 is 0 Å². The summed E-state index contributed by atoms with van der Waals surface area (Å²) in [4.78, 5) is 40.9. The number of hydrogen-bond donors (Lipinski definition) is 2. The molecule has 28 heavy (non-hydrogen) atoms. The molecule has 0 spiro atoms. The lowest BCUT2D eigenvalue weighted by molar-refractivity contribution is -0.122. The molecule has 0 saturated heterocycles. The van der Waals surface area contributed by atoms with E-state index < -0.39 is 11.8 Å². The fraction of sp³-hybridized carbons (Fsp3) is 0.238. The van der Waals surface area contributed by atoms with Crippen molar-refractivity contribution >= 4 is 22.7 Å². The second-order valence-electron chi connectivity index (χ2n) is 7.52. The molecule has 0 aliphatic carbocycles. The Bertz CT molecular complexity index is 1080. The largest absolute Gasteiger partial charge is 0.289 e. The zero-order valence-corrected chi connectivity index (χ0v) is 16.0. The van der Waals surface area contributed by atoms with Gasteiger partial charge in [-0.2, -0.15) is 0 Å². The van der Waals surface area contributed by atoms with Crippen molar-refractivity contribution in [1.82, 2.24) is 20.4 Å². The first-order valence-corrected chi connectivity index (χ1v) is 8.89. The number of para-hydroxylation sites is 1. The summed E-state index contributed by atoms with van der Waals surface area (Å²) in [5, 5.41) is 0.431. The SMILES string of the molecule is CC(C)(C)c1ccc(C(=O)NNC(=O)Cn2cnc3ccccc3c2=O)cc1. The van der Waals surface area contributed by atoms with Crippen LogP contribution >= 0.6 is 0 Å². The summed E-state index contributed by atoms with van der Waals surface area (Å²) < 4.78 is 1.20. The molecule has 144 valence electrons. The smallest absolute Gasteiger partial charge is 0.269 e. The van der Waals surface area contributed by atoms with Crippen molar-refractivity contribution in [3.63, 3.8) is 0 Å². The molecule has 0 saturated carbocycles. The third-order valence-corrected chi connectivity index (χ3v) is 4.37. The van der Waals surface area contributed by atoms with Crippen LogP contribution in [0.4, 0.5) is 0 Å². The van der Waals surface area contributed by atoms with Gasteiger partial charge in [0, 0.05) is 5.56 Å². The number of aromatic nitrogens is 2. The molecular formula is C21H22N4O3. The molecule has 2 N–H and O–H groups in total. The molecule has 0 radical (unpaired) electrons. The van der Waals surface area contributed by atoms with Crippen molar-refractivity contribution in [2.24, 2.45) is 0 Å². The molecule has 7 nitrogen and oxygen atoms in total. The Kier molecular flexibility index (Phi) is 5.26. The van der Waals surface area contributed by atoms with Gasteiger partial charge >= 0.3 is 0 Å². The standard InChI is InChI=1S/C21H22N4O3/c1-21(2,3)15-10-8-14(9-11-15)19(27)24-23-18(26)12-25-13-22-17-7-5-4-6-16(17)20(25)28/h4-11,13H,12H2,1-3H3,(H,23,26)(H,24,27). The number of carbonyl (C=O) groups excluding carboxylic acids is 2. The zero-order valence-electron chi connectivity index (χ0n) is 16.0. The first-order valence-electron chi connectivity index (χ1n) is 8.89. The minimum atomic E-state index is -0.529. The maximum absolute atomic E-state index is 12.4. The van der Waals surface area contributed by atoms with E-state index in [9.17, 15) is 14.4 Å². The van der Waals surface area contributed by atoms with Gasteiger partial charge in [-0.15, -0.1) is 0 Å². The number of nitrogens with one attached hydrogen (secondary N) is 2. The summed E-state index contributed by atoms with van der Waals surface area (Å²) in [5.74, 6) is -0.961. The van der Waals surface area contributed by atoms with Gasteiger partial charge < -0.3 is 0 Å². The molecule has 3 rings (SSSR count). The van der Waals surface area contributed by atoms with E-state index in [2.05, 4.69) is 36.6 Å². The van der Waals surface area contributed by atoms with Crippen LogP contribution in [-0.2, 0) is 16.8 Å².